The van der Waals surface area contributed by atoms with Crippen molar-refractivity contribution in [2.24, 2.45) is 0 Å². The van der Waals surface area contributed by atoms with Gasteiger partial charge in [-0.3, -0.25) is 14.6 Å². The number of aryl methyl sites for hydroxylation is 1. The number of aromatic nitrogens is 2. The van der Waals surface area contributed by atoms with Crippen molar-refractivity contribution in [3.8, 4) is 11.4 Å². The Hall–Kier alpha value is -3.00. The molecule has 1 aliphatic rings. The van der Waals surface area contributed by atoms with Crippen molar-refractivity contribution in [2.75, 3.05) is 26.2 Å². The molecule has 4 heterocycles. The summed E-state index contributed by atoms with van der Waals surface area (Å²) in [5.74, 6) is 0.314. The molecule has 0 atom stereocenters. The number of thiazole rings is 1. The first-order valence-electron chi connectivity index (χ1n) is 9.17. The normalized spacial score (nSPS) is 14.3. The smallest absolute Gasteiger partial charge is 0.289 e. The van der Waals surface area contributed by atoms with Crippen LogP contribution in [0.3, 0.4) is 0 Å². The molecule has 0 saturated carbocycles. The first-order chi connectivity index (χ1) is 13.7. The van der Waals surface area contributed by atoms with E-state index in [2.05, 4.69) is 9.97 Å². The topological polar surface area (TPSA) is 79.5 Å². The van der Waals surface area contributed by atoms with Crippen molar-refractivity contribution in [1.82, 2.24) is 19.8 Å². The molecule has 0 bridgehead atoms. The zero-order chi connectivity index (χ0) is 19.3. The Kier molecular flexibility index (Phi) is 5.48. The van der Waals surface area contributed by atoms with Gasteiger partial charge in [0.2, 0.25) is 5.91 Å². The van der Waals surface area contributed by atoms with E-state index in [0.717, 1.165) is 16.4 Å². The lowest BCUT2D eigenvalue weighted by Crippen LogP contribution is -2.50. The number of furan rings is 1. The van der Waals surface area contributed by atoms with Crippen molar-refractivity contribution in [2.45, 2.75) is 12.8 Å². The first-order valence-corrected chi connectivity index (χ1v) is 10.0. The van der Waals surface area contributed by atoms with Crippen molar-refractivity contribution in [1.29, 1.82) is 0 Å². The monoisotopic (exact) mass is 396 g/mol. The van der Waals surface area contributed by atoms with Crippen molar-refractivity contribution < 1.29 is 14.0 Å². The fraction of sp³-hybridized carbons (Fsp3) is 0.300. The van der Waals surface area contributed by atoms with E-state index < -0.39 is 0 Å². The van der Waals surface area contributed by atoms with E-state index in [9.17, 15) is 9.59 Å². The number of amides is 2. The second-order valence-corrected chi connectivity index (χ2v) is 7.43. The first kappa shape index (κ1) is 18.4. The van der Waals surface area contributed by atoms with Gasteiger partial charge in [-0.1, -0.05) is 6.07 Å². The summed E-state index contributed by atoms with van der Waals surface area (Å²) < 4.78 is 5.16. The van der Waals surface area contributed by atoms with Crippen LogP contribution in [0.4, 0.5) is 0 Å². The Morgan fingerprint density at radius 2 is 1.86 bits per heavy atom. The van der Waals surface area contributed by atoms with Gasteiger partial charge in [-0.05, 0) is 24.3 Å². The molecule has 1 fully saturated rings. The molecule has 0 aliphatic carbocycles. The van der Waals surface area contributed by atoms with Crippen molar-refractivity contribution in [3.05, 3.63) is 58.9 Å². The molecule has 0 spiro atoms. The van der Waals surface area contributed by atoms with E-state index in [4.69, 9.17) is 4.42 Å². The van der Waals surface area contributed by atoms with Gasteiger partial charge in [0.15, 0.2) is 5.76 Å². The third kappa shape index (κ3) is 4.12. The quantitative estimate of drug-likeness (QED) is 0.663. The van der Waals surface area contributed by atoms with E-state index in [1.165, 1.54) is 6.26 Å². The zero-order valence-electron chi connectivity index (χ0n) is 15.3. The molecule has 28 heavy (non-hydrogen) atoms. The van der Waals surface area contributed by atoms with Gasteiger partial charge in [-0.15, -0.1) is 11.3 Å². The third-order valence-corrected chi connectivity index (χ3v) is 5.59. The molecule has 144 valence electrons. The molecule has 0 radical (unpaired) electrons. The molecule has 7 nitrogen and oxygen atoms in total. The van der Waals surface area contributed by atoms with Crippen LogP contribution in [0.2, 0.25) is 0 Å². The fourth-order valence-electron chi connectivity index (χ4n) is 3.14. The molecule has 8 heteroatoms. The van der Waals surface area contributed by atoms with Crippen LogP contribution in [0.5, 0.6) is 0 Å². The van der Waals surface area contributed by atoms with Crippen LogP contribution in [0.1, 0.15) is 22.0 Å². The Bertz CT molecular complexity index is 932. The molecule has 3 aromatic rings. The predicted octanol–water partition coefficient (Wildman–Crippen LogP) is 2.72. The lowest BCUT2D eigenvalue weighted by Gasteiger charge is -2.34. The SMILES string of the molecule is O=C(CCc1nc(-c2ccccn2)cs1)N1CCN(C(=O)c2ccco2)CC1. The molecule has 0 unspecified atom stereocenters. The van der Waals surface area contributed by atoms with Gasteiger partial charge >= 0.3 is 0 Å². The predicted molar refractivity (Wildman–Crippen MR) is 105 cm³/mol. The molecule has 0 N–H and O–H groups in total. The number of carbonyl (C=O) groups excluding carboxylic acids is 2. The molecule has 1 saturated heterocycles. The third-order valence-electron chi connectivity index (χ3n) is 4.68. The fourth-order valence-corrected chi connectivity index (χ4v) is 3.94. The summed E-state index contributed by atoms with van der Waals surface area (Å²) in [6, 6.07) is 9.09. The molecule has 1 aliphatic heterocycles. The largest absolute Gasteiger partial charge is 0.459 e. The summed E-state index contributed by atoms with van der Waals surface area (Å²) >= 11 is 1.55. The van der Waals surface area contributed by atoms with Crippen LogP contribution >= 0.6 is 11.3 Å². The van der Waals surface area contributed by atoms with Gasteiger partial charge in [0.25, 0.3) is 5.91 Å². The van der Waals surface area contributed by atoms with Crippen LogP contribution in [0.25, 0.3) is 11.4 Å². The Morgan fingerprint density at radius 3 is 2.57 bits per heavy atom. The number of pyridine rings is 1. The van der Waals surface area contributed by atoms with E-state index in [1.807, 2.05) is 28.5 Å². The van der Waals surface area contributed by atoms with E-state index in [1.54, 1.807) is 34.6 Å². The van der Waals surface area contributed by atoms with Crippen molar-refractivity contribution >= 4 is 23.2 Å². The maximum atomic E-state index is 12.5. The Labute approximate surface area is 166 Å². The minimum atomic E-state index is -0.123. The average Bonchev–Trinajstić information content (AvgIpc) is 3.44. The van der Waals surface area contributed by atoms with Crippen LogP contribution < -0.4 is 0 Å². The van der Waals surface area contributed by atoms with Gasteiger partial charge < -0.3 is 14.2 Å². The zero-order valence-corrected chi connectivity index (χ0v) is 16.1. The number of carbonyl (C=O) groups is 2. The van der Waals surface area contributed by atoms with Crippen LogP contribution in [-0.2, 0) is 11.2 Å². The molecule has 4 rings (SSSR count). The summed E-state index contributed by atoms with van der Waals surface area (Å²) in [6.45, 7) is 2.13. The molecule has 0 aromatic carbocycles. The second kappa shape index (κ2) is 8.35. The highest BCUT2D eigenvalue weighted by Gasteiger charge is 2.26. The lowest BCUT2D eigenvalue weighted by atomic mass is 10.2. The lowest BCUT2D eigenvalue weighted by molar-refractivity contribution is -0.132. The van der Waals surface area contributed by atoms with Gasteiger partial charge in [-0.25, -0.2) is 4.98 Å². The van der Waals surface area contributed by atoms with Gasteiger partial charge in [0, 0.05) is 50.6 Å². The van der Waals surface area contributed by atoms with Crippen molar-refractivity contribution in [3.63, 3.8) is 0 Å². The van der Waals surface area contributed by atoms with Crippen LogP contribution in [0, 0.1) is 0 Å². The summed E-state index contributed by atoms with van der Waals surface area (Å²) in [5.41, 5.74) is 1.69. The van der Waals surface area contributed by atoms with E-state index >= 15 is 0 Å². The highest BCUT2D eigenvalue weighted by Crippen LogP contribution is 2.21. The summed E-state index contributed by atoms with van der Waals surface area (Å²) in [4.78, 5) is 37.2. The summed E-state index contributed by atoms with van der Waals surface area (Å²) in [6.07, 6.45) is 4.27. The van der Waals surface area contributed by atoms with Crippen LogP contribution in [0.15, 0.2) is 52.6 Å². The molecular formula is C20H20N4O3S. The number of piperazine rings is 1. The van der Waals surface area contributed by atoms with E-state index in [-0.39, 0.29) is 11.8 Å². The minimum Gasteiger partial charge on any atom is -0.459 e. The highest BCUT2D eigenvalue weighted by molar-refractivity contribution is 7.09. The maximum absolute atomic E-state index is 12.5. The minimum absolute atomic E-state index is 0.0969. The Morgan fingerprint density at radius 1 is 1.04 bits per heavy atom. The molecule has 2 amide bonds. The maximum Gasteiger partial charge on any atom is 0.289 e. The number of rotatable bonds is 5. The second-order valence-electron chi connectivity index (χ2n) is 6.49. The highest BCUT2D eigenvalue weighted by atomic mass is 32.1. The summed E-state index contributed by atoms with van der Waals surface area (Å²) in [7, 11) is 0. The number of hydrogen-bond donors (Lipinski definition) is 0. The Balaban J connectivity index is 1.26. The average molecular weight is 396 g/mol. The van der Waals surface area contributed by atoms with Gasteiger partial charge in [-0.2, -0.15) is 0 Å². The van der Waals surface area contributed by atoms with E-state index in [0.29, 0.717) is 44.8 Å². The molecular weight excluding hydrogens is 376 g/mol. The van der Waals surface area contributed by atoms with Crippen LogP contribution in [-0.4, -0.2) is 57.8 Å². The van der Waals surface area contributed by atoms with Gasteiger partial charge in [0.1, 0.15) is 0 Å². The number of nitrogens with zero attached hydrogens (tertiary/aromatic N) is 4. The number of hydrogen-bond acceptors (Lipinski definition) is 6. The standard InChI is InChI=1S/C20H20N4O3S/c25-19(7-6-18-22-16(14-28-18)15-4-1-2-8-21-15)23-9-11-24(12-10-23)20(26)17-5-3-13-27-17/h1-5,8,13-14H,6-7,9-12H2. The van der Waals surface area contributed by atoms with Gasteiger partial charge in [0.05, 0.1) is 22.7 Å². The summed E-state index contributed by atoms with van der Waals surface area (Å²) in [5, 5.41) is 2.90. The molecule has 3 aromatic heterocycles.